The summed E-state index contributed by atoms with van der Waals surface area (Å²) in [6.45, 7) is 2.39. The maximum atomic E-state index is 6.47. The van der Waals surface area contributed by atoms with Crippen LogP contribution in [0.1, 0.15) is 23.6 Å². The minimum Gasteiger partial charge on any atom is -0.456 e. The van der Waals surface area contributed by atoms with Crippen LogP contribution in [-0.2, 0) is 5.41 Å². The molecule has 0 saturated carbocycles. The highest BCUT2D eigenvalue weighted by molar-refractivity contribution is 6.14. The summed E-state index contributed by atoms with van der Waals surface area (Å²) >= 11 is 0. The molecule has 0 radical (unpaired) electrons. The highest BCUT2D eigenvalue weighted by Gasteiger charge is 2.42. The van der Waals surface area contributed by atoms with Gasteiger partial charge in [-0.15, -0.1) is 0 Å². The average Bonchev–Trinajstić information content (AvgIpc) is 3.63. The van der Waals surface area contributed by atoms with E-state index < -0.39 is 0 Å². The van der Waals surface area contributed by atoms with Gasteiger partial charge in [-0.05, 0) is 94.4 Å². The monoisotopic (exact) mass is 589 g/mol. The highest BCUT2D eigenvalue weighted by Crippen LogP contribution is 2.55. The lowest BCUT2D eigenvalue weighted by molar-refractivity contribution is 0.667. The number of rotatable bonds is 5. The van der Waals surface area contributed by atoms with Gasteiger partial charge in [0.15, 0.2) is 0 Å². The van der Waals surface area contributed by atoms with E-state index in [0.717, 1.165) is 39.0 Å². The SMILES string of the molecule is CC1(c2ccc3oc4ccccc4c3c2-c2ccc(N(c3ccccc3)c3ccccc3)cc2)c2ccccc2-c2ccccc21. The van der Waals surface area contributed by atoms with Gasteiger partial charge in [-0.1, -0.05) is 121 Å². The van der Waals surface area contributed by atoms with Crippen LogP contribution in [0.3, 0.4) is 0 Å². The van der Waals surface area contributed by atoms with E-state index in [1.54, 1.807) is 0 Å². The number of hydrogen-bond donors (Lipinski definition) is 0. The number of nitrogens with zero attached hydrogens (tertiary/aromatic N) is 1. The van der Waals surface area contributed by atoms with Crippen LogP contribution in [-0.4, -0.2) is 0 Å². The molecule has 218 valence electrons. The van der Waals surface area contributed by atoms with Crippen molar-refractivity contribution in [3.63, 3.8) is 0 Å². The molecular formula is C44H31NO. The number of fused-ring (bicyclic) bond motifs is 6. The Morgan fingerprint density at radius 1 is 0.435 bits per heavy atom. The Morgan fingerprint density at radius 3 is 1.59 bits per heavy atom. The van der Waals surface area contributed by atoms with E-state index in [-0.39, 0.29) is 5.41 Å². The molecule has 0 saturated heterocycles. The predicted octanol–water partition coefficient (Wildman–Crippen LogP) is 12.1. The number of anilines is 3. The second-order valence-corrected chi connectivity index (χ2v) is 12.2. The molecule has 9 rings (SSSR count). The number of furan rings is 1. The molecule has 2 nitrogen and oxygen atoms in total. The zero-order chi connectivity index (χ0) is 30.7. The smallest absolute Gasteiger partial charge is 0.136 e. The van der Waals surface area contributed by atoms with Gasteiger partial charge >= 0.3 is 0 Å². The molecule has 1 heterocycles. The molecular weight excluding hydrogens is 558 g/mol. The average molecular weight is 590 g/mol. The molecule has 8 aromatic rings. The maximum Gasteiger partial charge on any atom is 0.136 e. The standard InChI is InChI=1S/C44H31NO/c1-44(37-21-11-8-18-34(37)35-19-9-12-22-38(35)44)39-28-29-41-43(36-20-10-13-23-40(36)46-41)42(39)30-24-26-33(27-25-30)45(31-14-4-2-5-15-31)32-16-6-3-7-17-32/h2-29H,1H3. The topological polar surface area (TPSA) is 16.4 Å². The minimum atomic E-state index is -0.353. The quantitative estimate of drug-likeness (QED) is 0.199. The Bertz CT molecular complexity index is 2280. The molecule has 1 aliphatic rings. The van der Waals surface area contributed by atoms with Gasteiger partial charge in [-0.3, -0.25) is 0 Å². The van der Waals surface area contributed by atoms with E-state index in [0.29, 0.717) is 0 Å². The molecule has 0 aliphatic heterocycles. The predicted molar refractivity (Wildman–Crippen MR) is 191 cm³/mol. The van der Waals surface area contributed by atoms with Crippen molar-refractivity contribution in [3.8, 4) is 22.3 Å². The van der Waals surface area contributed by atoms with E-state index in [1.165, 1.54) is 38.9 Å². The van der Waals surface area contributed by atoms with Crippen LogP contribution in [0.2, 0.25) is 0 Å². The molecule has 1 aromatic heterocycles. The van der Waals surface area contributed by atoms with E-state index >= 15 is 0 Å². The Kier molecular flexibility index (Phi) is 5.97. The highest BCUT2D eigenvalue weighted by atomic mass is 16.3. The fraction of sp³-hybridized carbons (Fsp3) is 0.0455. The van der Waals surface area contributed by atoms with Gasteiger partial charge in [-0.2, -0.15) is 0 Å². The van der Waals surface area contributed by atoms with Gasteiger partial charge in [0.25, 0.3) is 0 Å². The molecule has 0 spiro atoms. The summed E-state index contributed by atoms with van der Waals surface area (Å²) < 4.78 is 6.47. The zero-order valence-electron chi connectivity index (χ0n) is 25.5. The molecule has 2 heteroatoms. The Labute approximate surface area is 268 Å². The van der Waals surface area contributed by atoms with Crippen molar-refractivity contribution in [2.75, 3.05) is 4.90 Å². The lowest BCUT2D eigenvalue weighted by Crippen LogP contribution is -2.23. The first-order chi connectivity index (χ1) is 22.7. The van der Waals surface area contributed by atoms with Crippen LogP contribution < -0.4 is 4.90 Å². The van der Waals surface area contributed by atoms with Gasteiger partial charge in [0.2, 0.25) is 0 Å². The number of benzene rings is 7. The largest absolute Gasteiger partial charge is 0.456 e. The molecule has 0 amide bonds. The summed E-state index contributed by atoms with van der Waals surface area (Å²) in [5, 5.41) is 2.30. The first-order valence-corrected chi connectivity index (χ1v) is 15.9. The lowest BCUT2D eigenvalue weighted by Gasteiger charge is -2.31. The van der Waals surface area contributed by atoms with Crippen LogP contribution >= 0.6 is 0 Å². The van der Waals surface area contributed by atoms with Crippen LogP contribution in [0.4, 0.5) is 17.1 Å². The van der Waals surface area contributed by atoms with Crippen LogP contribution in [0.5, 0.6) is 0 Å². The minimum absolute atomic E-state index is 0.353. The van der Waals surface area contributed by atoms with Crippen molar-refractivity contribution in [3.05, 3.63) is 187 Å². The molecule has 0 bridgehead atoms. The maximum absolute atomic E-state index is 6.47. The third kappa shape index (κ3) is 3.90. The Balaban J connectivity index is 1.30. The van der Waals surface area contributed by atoms with Gasteiger partial charge in [0.1, 0.15) is 11.2 Å². The Hall–Kier alpha value is -5.86. The fourth-order valence-corrected chi connectivity index (χ4v) is 7.65. The van der Waals surface area contributed by atoms with Crippen LogP contribution in [0.25, 0.3) is 44.2 Å². The summed E-state index contributed by atoms with van der Waals surface area (Å²) in [4.78, 5) is 2.31. The molecule has 0 unspecified atom stereocenters. The number of hydrogen-bond acceptors (Lipinski definition) is 2. The first kappa shape index (κ1) is 26.5. The normalized spacial score (nSPS) is 13.1. The Morgan fingerprint density at radius 2 is 0.957 bits per heavy atom. The van der Waals surface area contributed by atoms with Gasteiger partial charge in [-0.25, -0.2) is 0 Å². The van der Waals surface area contributed by atoms with Gasteiger partial charge in [0, 0.05) is 33.2 Å². The van der Waals surface area contributed by atoms with Crippen molar-refractivity contribution in [2.24, 2.45) is 0 Å². The van der Waals surface area contributed by atoms with Crippen molar-refractivity contribution in [1.29, 1.82) is 0 Å². The van der Waals surface area contributed by atoms with Crippen LogP contribution in [0.15, 0.2) is 174 Å². The summed E-state index contributed by atoms with van der Waals surface area (Å²) in [7, 11) is 0. The fourth-order valence-electron chi connectivity index (χ4n) is 7.65. The first-order valence-electron chi connectivity index (χ1n) is 15.9. The third-order valence-electron chi connectivity index (χ3n) is 9.75. The summed E-state index contributed by atoms with van der Waals surface area (Å²) in [5.74, 6) is 0. The summed E-state index contributed by atoms with van der Waals surface area (Å²) in [5.41, 5.74) is 13.7. The molecule has 46 heavy (non-hydrogen) atoms. The van der Waals surface area contributed by atoms with Crippen molar-refractivity contribution in [2.45, 2.75) is 12.3 Å². The van der Waals surface area contributed by atoms with Gasteiger partial charge in [0.05, 0.1) is 0 Å². The lowest BCUT2D eigenvalue weighted by atomic mass is 9.71. The summed E-state index contributed by atoms with van der Waals surface area (Å²) in [6.07, 6.45) is 0. The number of para-hydroxylation sites is 3. The second-order valence-electron chi connectivity index (χ2n) is 12.2. The zero-order valence-corrected chi connectivity index (χ0v) is 25.5. The molecule has 7 aromatic carbocycles. The van der Waals surface area contributed by atoms with Crippen LogP contribution in [0, 0.1) is 0 Å². The molecule has 1 aliphatic carbocycles. The summed E-state index contributed by atoms with van der Waals surface area (Å²) in [6, 6.07) is 60.9. The second kappa shape index (κ2) is 10.4. The van der Waals surface area contributed by atoms with E-state index in [4.69, 9.17) is 4.42 Å². The molecule has 0 N–H and O–H groups in total. The third-order valence-corrected chi connectivity index (χ3v) is 9.75. The van der Waals surface area contributed by atoms with E-state index in [9.17, 15) is 0 Å². The van der Waals surface area contributed by atoms with Gasteiger partial charge < -0.3 is 9.32 Å². The van der Waals surface area contributed by atoms with E-state index in [1.807, 2.05) is 6.07 Å². The molecule has 0 fully saturated rings. The van der Waals surface area contributed by atoms with Crippen molar-refractivity contribution >= 4 is 39.0 Å². The molecule has 0 atom stereocenters. The van der Waals surface area contributed by atoms with Crippen molar-refractivity contribution in [1.82, 2.24) is 0 Å². The van der Waals surface area contributed by atoms with Crippen molar-refractivity contribution < 1.29 is 4.42 Å². The van der Waals surface area contributed by atoms with E-state index in [2.05, 4.69) is 176 Å².